The van der Waals surface area contributed by atoms with Gasteiger partial charge in [0.15, 0.2) is 6.61 Å². The molecule has 1 N–H and O–H groups in total. The number of alkyl halides is 3. The minimum Gasteiger partial charge on any atom is -0.452 e. The van der Waals surface area contributed by atoms with E-state index in [2.05, 4.69) is 10.1 Å². The molecule has 0 saturated heterocycles. The second kappa shape index (κ2) is 8.42. The summed E-state index contributed by atoms with van der Waals surface area (Å²) in [5.41, 5.74) is 0.478. The molecule has 0 atom stereocenters. The van der Waals surface area contributed by atoms with Gasteiger partial charge >= 0.3 is 12.3 Å². The lowest BCUT2D eigenvalue weighted by atomic mass is 10.2. The van der Waals surface area contributed by atoms with Crippen LogP contribution in [-0.4, -0.2) is 24.8 Å². The van der Waals surface area contributed by atoms with Gasteiger partial charge in [0.05, 0.1) is 16.1 Å². The fraction of sp³-hybridized carbons (Fsp3) is 0.118. The van der Waals surface area contributed by atoms with Crippen LogP contribution in [0.1, 0.15) is 15.9 Å². The zero-order valence-corrected chi connectivity index (χ0v) is 14.1. The van der Waals surface area contributed by atoms with Crippen molar-refractivity contribution in [2.75, 3.05) is 11.9 Å². The molecule has 0 aromatic heterocycles. The summed E-state index contributed by atoms with van der Waals surface area (Å²) in [6.45, 7) is -0.628. The predicted octanol–water partition coefficient (Wildman–Crippen LogP) is 3.91. The molecule has 0 bridgehead atoms. The van der Waals surface area contributed by atoms with E-state index in [1.165, 1.54) is 18.2 Å². The summed E-state index contributed by atoms with van der Waals surface area (Å²) in [6, 6.07) is 10.1. The summed E-state index contributed by atoms with van der Waals surface area (Å²) in [4.78, 5) is 23.6. The van der Waals surface area contributed by atoms with Gasteiger partial charge in [-0.1, -0.05) is 11.6 Å². The molecule has 0 radical (unpaired) electrons. The number of nitriles is 1. The largest absolute Gasteiger partial charge is 0.573 e. The minimum absolute atomic E-state index is 0.0567. The lowest BCUT2D eigenvalue weighted by Gasteiger charge is -2.09. The van der Waals surface area contributed by atoms with E-state index >= 15 is 0 Å². The van der Waals surface area contributed by atoms with Gasteiger partial charge < -0.3 is 14.8 Å². The number of esters is 1. The van der Waals surface area contributed by atoms with E-state index in [4.69, 9.17) is 21.6 Å². The molecule has 0 heterocycles. The van der Waals surface area contributed by atoms with Crippen LogP contribution >= 0.6 is 11.6 Å². The Hall–Kier alpha value is -3.25. The monoisotopic (exact) mass is 398 g/mol. The molecule has 2 rings (SSSR count). The first-order valence-corrected chi connectivity index (χ1v) is 7.58. The number of carbonyl (C=O) groups is 2. The standard InChI is InChI=1S/C17H10ClF3N2O4/c18-14-7-12(4-1-11(14)8-22)23-15(24)9-26-16(25)10-2-5-13(6-3-10)27-17(19,20)21/h1-7H,9H2,(H,23,24). The van der Waals surface area contributed by atoms with Crippen LogP contribution < -0.4 is 10.1 Å². The van der Waals surface area contributed by atoms with Gasteiger partial charge in [-0.25, -0.2) is 4.79 Å². The number of hydrogen-bond donors (Lipinski definition) is 1. The number of nitrogens with one attached hydrogen (secondary N) is 1. The van der Waals surface area contributed by atoms with Gasteiger partial charge in [-0.05, 0) is 42.5 Å². The number of halogens is 4. The highest BCUT2D eigenvalue weighted by atomic mass is 35.5. The van der Waals surface area contributed by atoms with Crippen LogP contribution in [-0.2, 0) is 9.53 Å². The molecule has 27 heavy (non-hydrogen) atoms. The zero-order valence-electron chi connectivity index (χ0n) is 13.3. The summed E-state index contributed by atoms with van der Waals surface area (Å²) in [6.07, 6.45) is -4.84. The molecule has 6 nitrogen and oxygen atoms in total. The molecule has 0 spiro atoms. The van der Waals surface area contributed by atoms with Gasteiger partial charge in [0, 0.05) is 5.69 Å². The highest BCUT2D eigenvalue weighted by Gasteiger charge is 2.31. The van der Waals surface area contributed by atoms with E-state index in [0.29, 0.717) is 5.69 Å². The first-order valence-electron chi connectivity index (χ1n) is 7.20. The Bertz CT molecular complexity index is 893. The molecule has 10 heteroatoms. The topological polar surface area (TPSA) is 88.4 Å². The quantitative estimate of drug-likeness (QED) is 0.771. The van der Waals surface area contributed by atoms with Crippen LogP contribution in [0.5, 0.6) is 5.75 Å². The van der Waals surface area contributed by atoms with E-state index < -0.39 is 30.6 Å². The highest BCUT2D eigenvalue weighted by Crippen LogP contribution is 2.23. The molecule has 0 fully saturated rings. The maximum Gasteiger partial charge on any atom is 0.573 e. The van der Waals surface area contributed by atoms with Crippen LogP contribution in [0.15, 0.2) is 42.5 Å². The third-order valence-electron chi connectivity index (χ3n) is 3.03. The maximum atomic E-state index is 12.1. The van der Waals surface area contributed by atoms with Gasteiger partial charge in [0.2, 0.25) is 0 Å². The Balaban J connectivity index is 1.88. The zero-order chi connectivity index (χ0) is 20.0. The Morgan fingerprint density at radius 2 is 1.81 bits per heavy atom. The molecular formula is C17H10ClF3N2O4. The molecule has 0 unspecified atom stereocenters. The minimum atomic E-state index is -4.84. The Morgan fingerprint density at radius 3 is 2.37 bits per heavy atom. The molecule has 0 aliphatic rings. The van der Waals surface area contributed by atoms with Crippen molar-refractivity contribution < 1.29 is 32.2 Å². The van der Waals surface area contributed by atoms with Crippen molar-refractivity contribution in [2.24, 2.45) is 0 Å². The number of hydrogen-bond acceptors (Lipinski definition) is 5. The van der Waals surface area contributed by atoms with Gasteiger partial charge in [-0.3, -0.25) is 4.79 Å². The average molecular weight is 399 g/mol. The van der Waals surface area contributed by atoms with E-state index in [-0.39, 0.29) is 16.1 Å². The number of ether oxygens (including phenoxy) is 2. The molecule has 0 saturated carbocycles. The van der Waals surface area contributed by atoms with E-state index in [1.807, 2.05) is 6.07 Å². The fourth-order valence-corrected chi connectivity index (χ4v) is 2.11. The van der Waals surface area contributed by atoms with Crippen molar-refractivity contribution in [1.82, 2.24) is 0 Å². The summed E-state index contributed by atoms with van der Waals surface area (Å²) in [5.74, 6) is -2.06. The van der Waals surface area contributed by atoms with Crippen molar-refractivity contribution in [3.8, 4) is 11.8 Å². The Morgan fingerprint density at radius 1 is 1.15 bits per heavy atom. The third-order valence-corrected chi connectivity index (χ3v) is 3.34. The normalized spacial score (nSPS) is 10.6. The molecule has 0 aliphatic heterocycles. The average Bonchev–Trinajstić information content (AvgIpc) is 2.59. The van der Waals surface area contributed by atoms with Gasteiger partial charge in [-0.2, -0.15) is 5.26 Å². The van der Waals surface area contributed by atoms with Crippen LogP contribution in [0.2, 0.25) is 5.02 Å². The Labute approximate surface area is 156 Å². The van der Waals surface area contributed by atoms with E-state index in [1.54, 1.807) is 0 Å². The van der Waals surface area contributed by atoms with Crippen molar-refractivity contribution in [3.63, 3.8) is 0 Å². The van der Waals surface area contributed by atoms with Crippen molar-refractivity contribution >= 4 is 29.2 Å². The number of nitrogens with zero attached hydrogens (tertiary/aromatic N) is 1. The number of rotatable bonds is 5. The first kappa shape index (κ1) is 20.1. The third kappa shape index (κ3) is 6.20. The van der Waals surface area contributed by atoms with Gasteiger partial charge in [-0.15, -0.1) is 13.2 Å². The van der Waals surface area contributed by atoms with Crippen LogP contribution in [0.3, 0.4) is 0 Å². The SMILES string of the molecule is N#Cc1ccc(NC(=O)COC(=O)c2ccc(OC(F)(F)F)cc2)cc1Cl. The number of carbonyl (C=O) groups excluding carboxylic acids is 2. The predicted molar refractivity (Wildman–Crippen MR) is 88.2 cm³/mol. The van der Waals surface area contributed by atoms with Crippen molar-refractivity contribution in [3.05, 3.63) is 58.6 Å². The molecular weight excluding hydrogens is 389 g/mol. The molecule has 2 aromatic carbocycles. The van der Waals surface area contributed by atoms with Gasteiger partial charge in [0.1, 0.15) is 11.8 Å². The summed E-state index contributed by atoms with van der Waals surface area (Å²) in [5, 5.41) is 11.3. The van der Waals surface area contributed by atoms with Gasteiger partial charge in [0.25, 0.3) is 5.91 Å². The van der Waals surface area contributed by atoms with Crippen LogP contribution in [0.25, 0.3) is 0 Å². The first-order chi connectivity index (χ1) is 12.7. The molecule has 2 aromatic rings. The fourth-order valence-electron chi connectivity index (χ4n) is 1.89. The number of anilines is 1. The highest BCUT2D eigenvalue weighted by molar-refractivity contribution is 6.32. The van der Waals surface area contributed by atoms with E-state index in [9.17, 15) is 22.8 Å². The Kier molecular flexibility index (Phi) is 6.26. The van der Waals surface area contributed by atoms with Crippen molar-refractivity contribution in [2.45, 2.75) is 6.36 Å². The van der Waals surface area contributed by atoms with Crippen LogP contribution in [0, 0.1) is 11.3 Å². The summed E-state index contributed by atoms with van der Waals surface area (Å²) < 4.78 is 44.7. The number of benzene rings is 2. The second-order valence-electron chi connectivity index (χ2n) is 5.00. The second-order valence-corrected chi connectivity index (χ2v) is 5.41. The lowest BCUT2D eigenvalue weighted by Crippen LogP contribution is -2.21. The van der Waals surface area contributed by atoms with E-state index in [0.717, 1.165) is 24.3 Å². The number of amides is 1. The lowest BCUT2D eigenvalue weighted by molar-refractivity contribution is -0.274. The molecule has 140 valence electrons. The maximum absolute atomic E-state index is 12.1. The smallest absolute Gasteiger partial charge is 0.452 e. The van der Waals surface area contributed by atoms with Crippen LogP contribution in [0.4, 0.5) is 18.9 Å². The summed E-state index contributed by atoms with van der Waals surface area (Å²) >= 11 is 5.83. The molecule has 0 aliphatic carbocycles. The molecule has 1 amide bonds. The van der Waals surface area contributed by atoms with Crippen molar-refractivity contribution in [1.29, 1.82) is 5.26 Å². The summed E-state index contributed by atoms with van der Waals surface area (Å²) in [7, 11) is 0.